The van der Waals surface area contributed by atoms with Gasteiger partial charge in [-0.25, -0.2) is 4.98 Å². The molecular weight excluding hydrogens is 330 g/mol. The van der Waals surface area contributed by atoms with Crippen LogP contribution in [0.5, 0.6) is 0 Å². The van der Waals surface area contributed by atoms with Gasteiger partial charge in [-0.3, -0.25) is 9.48 Å². The molecule has 0 saturated carbocycles. The lowest BCUT2D eigenvalue weighted by atomic mass is 10.2. The van der Waals surface area contributed by atoms with Crippen LogP contribution in [0, 0.1) is 0 Å². The van der Waals surface area contributed by atoms with Crippen LogP contribution < -0.4 is 0 Å². The number of aromatic nitrogens is 4. The van der Waals surface area contributed by atoms with Gasteiger partial charge in [0.1, 0.15) is 5.65 Å². The molecule has 0 radical (unpaired) electrons. The fourth-order valence-electron chi connectivity index (χ4n) is 3.40. The number of nitrogens with zero attached hydrogens (tertiary/aromatic N) is 5. The average Bonchev–Trinajstić information content (AvgIpc) is 3.17. The van der Waals surface area contributed by atoms with Crippen molar-refractivity contribution >= 4 is 11.6 Å². The van der Waals surface area contributed by atoms with Gasteiger partial charge in [0.2, 0.25) is 5.91 Å². The van der Waals surface area contributed by atoms with E-state index in [0.717, 1.165) is 36.5 Å². The third-order valence-corrected chi connectivity index (χ3v) is 4.82. The zero-order chi connectivity index (χ0) is 18.1. The largest absolute Gasteiger partial charge is 0.387 e. The van der Waals surface area contributed by atoms with E-state index in [9.17, 15) is 9.90 Å². The first-order valence-corrected chi connectivity index (χ1v) is 9.05. The molecule has 7 heteroatoms. The Morgan fingerprint density at radius 3 is 3.04 bits per heavy atom. The fourth-order valence-corrected chi connectivity index (χ4v) is 3.40. The molecule has 136 valence electrons. The number of aliphatic hydroxyl groups is 1. The molecule has 0 unspecified atom stereocenters. The highest BCUT2D eigenvalue weighted by molar-refractivity contribution is 5.76. The van der Waals surface area contributed by atoms with Gasteiger partial charge in [0.05, 0.1) is 29.7 Å². The van der Waals surface area contributed by atoms with Crippen molar-refractivity contribution in [3.05, 3.63) is 53.7 Å². The average molecular weight is 353 g/mol. The van der Waals surface area contributed by atoms with Gasteiger partial charge >= 0.3 is 0 Å². The van der Waals surface area contributed by atoms with E-state index in [-0.39, 0.29) is 5.91 Å². The molecule has 1 aliphatic rings. The molecule has 0 spiro atoms. The Labute approximate surface area is 151 Å². The lowest BCUT2D eigenvalue weighted by molar-refractivity contribution is -0.131. The Balaban J connectivity index is 1.42. The van der Waals surface area contributed by atoms with Gasteiger partial charge in [0, 0.05) is 31.9 Å². The minimum atomic E-state index is -0.589. The van der Waals surface area contributed by atoms with Crippen molar-refractivity contribution in [2.75, 3.05) is 6.54 Å². The molecule has 0 fully saturated rings. The number of amides is 1. The van der Waals surface area contributed by atoms with E-state index < -0.39 is 6.10 Å². The standard InChI is InChI=1S/C19H23N5O2/c1-14(25)17-11-16-13-23(9-4-10-24(16)21-17)19(26)7-6-15-12-22-8-3-2-5-18(22)20-15/h2-3,5,8,11-12,14,25H,4,6-7,9-10,13H2,1H3/t14-/m1/s1. The number of carbonyl (C=O) groups is 1. The van der Waals surface area contributed by atoms with Gasteiger partial charge in [0.15, 0.2) is 0 Å². The lowest BCUT2D eigenvalue weighted by Crippen LogP contribution is -2.30. The number of aryl methyl sites for hydroxylation is 2. The molecule has 3 aromatic heterocycles. The van der Waals surface area contributed by atoms with Crippen LogP contribution in [0.3, 0.4) is 0 Å². The Morgan fingerprint density at radius 2 is 2.23 bits per heavy atom. The summed E-state index contributed by atoms with van der Waals surface area (Å²) in [6.07, 6.45) is 5.30. The zero-order valence-corrected chi connectivity index (χ0v) is 14.9. The number of carbonyl (C=O) groups excluding carboxylic acids is 1. The van der Waals surface area contributed by atoms with Crippen LogP contribution in [0.1, 0.15) is 43.0 Å². The van der Waals surface area contributed by atoms with Crippen LogP contribution in [0.15, 0.2) is 36.7 Å². The van der Waals surface area contributed by atoms with E-state index in [1.807, 2.05) is 50.6 Å². The van der Waals surface area contributed by atoms with E-state index >= 15 is 0 Å². The summed E-state index contributed by atoms with van der Waals surface area (Å²) in [7, 11) is 0. The van der Waals surface area contributed by atoms with E-state index in [0.29, 0.717) is 25.1 Å². The lowest BCUT2D eigenvalue weighted by Gasteiger charge is -2.19. The fraction of sp³-hybridized carbons (Fsp3) is 0.421. The third kappa shape index (κ3) is 3.35. The summed E-state index contributed by atoms with van der Waals surface area (Å²) in [6.45, 7) is 3.76. The number of imidazole rings is 1. The highest BCUT2D eigenvalue weighted by Gasteiger charge is 2.21. The molecule has 1 aliphatic heterocycles. The van der Waals surface area contributed by atoms with Crippen LogP contribution >= 0.6 is 0 Å². The normalized spacial score (nSPS) is 15.7. The van der Waals surface area contributed by atoms with Crippen molar-refractivity contribution in [1.82, 2.24) is 24.1 Å². The molecule has 26 heavy (non-hydrogen) atoms. The van der Waals surface area contributed by atoms with Crippen LogP contribution in [0.4, 0.5) is 0 Å². The van der Waals surface area contributed by atoms with Crippen molar-refractivity contribution < 1.29 is 9.90 Å². The van der Waals surface area contributed by atoms with Crippen molar-refractivity contribution in [3.63, 3.8) is 0 Å². The first kappa shape index (κ1) is 16.8. The second kappa shape index (κ2) is 6.92. The molecule has 7 nitrogen and oxygen atoms in total. The van der Waals surface area contributed by atoms with Gasteiger partial charge in [-0.2, -0.15) is 5.10 Å². The monoisotopic (exact) mass is 353 g/mol. The number of pyridine rings is 1. The highest BCUT2D eigenvalue weighted by atomic mass is 16.3. The summed E-state index contributed by atoms with van der Waals surface area (Å²) >= 11 is 0. The summed E-state index contributed by atoms with van der Waals surface area (Å²) in [5, 5.41) is 14.2. The maximum Gasteiger partial charge on any atom is 0.223 e. The van der Waals surface area contributed by atoms with E-state index in [2.05, 4.69) is 10.1 Å². The molecule has 1 N–H and O–H groups in total. The highest BCUT2D eigenvalue weighted by Crippen LogP contribution is 2.18. The van der Waals surface area contributed by atoms with E-state index in [4.69, 9.17) is 0 Å². The molecule has 1 atom stereocenters. The maximum absolute atomic E-state index is 12.7. The predicted octanol–water partition coefficient (Wildman–Crippen LogP) is 1.95. The van der Waals surface area contributed by atoms with Crippen molar-refractivity contribution in [1.29, 1.82) is 0 Å². The van der Waals surface area contributed by atoms with Gasteiger partial charge < -0.3 is 14.4 Å². The van der Waals surface area contributed by atoms with Crippen LogP contribution in [0.25, 0.3) is 5.65 Å². The molecule has 0 aromatic carbocycles. The molecule has 0 aliphatic carbocycles. The summed E-state index contributed by atoms with van der Waals surface area (Å²) in [5.41, 5.74) is 3.48. The summed E-state index contributed by atoms with van der Waals surface area (Å²) in [5.74, 6) is 0.135. The van der Waals surface area contributed by atoms with Gasteiger partial charge in [0.25, 0.3) is 0 Å². The summed E-state index contributed by atoms with van der Waals surface area (Å²) < 4.78 is 3.89. The van der Waals surface area contributed by atoms with Crippen LogP contribution in [-0.4, -0.2) is 41.6 Å². The third-order valence-electron chi connectivity index (χ3n) is 4.82. The number of hydrogen-bond donors (Lipinski definition) is 1. The first-order chi connectivity index (χ1) is 12.6. The number of hydrogen-bond acceptors (Lipinski definition) is 4. The number of aliphatic hydroxyl groups excluding tert-OH is 1. The molecule has 4 rings (SSSR count). The van der Waals surface area contributed by atoms with E-state index in [1.54, 1.807) is 6.92 Å². The minimum absolute atomic E-state index is 0.135. The van der Waals surface area contributed by atoms with Gasteiger partial charge in [-0.05, 0) is 38.0 Å². The number of rotatable bonds is 4. The quantitative estimate of drug-likeness (QED) is 0.778. The minimum Gasteiger partial charge on any atom is -0.387 e. The number of fused-ring (bicyclic) bond motifs is 2. The maximum atomic E-state index is 12.7. The van der Waals surface area contributed by atoms with Crippen LogP contribution in [0.2, 0.25) is 0 Å². The zero-order valence-electron chi connectivity index (χ0n) is 14.9. The molecule has 4 heterocycles. The second-order valence-electron chi connectivity index (χ2n) is 6.83. The predicted molar refractivity (Wildman–Crippen MR) is 96.4 cm³/mol. The summed E-state index contributed by atoms with van der Waals surface area (Å²) in [4.78, 5) is 19.2. The molecular formula is C19H23N5O2. The Kier molecular flexibility index (Phi) is 4.46. The smallest absolute Gasteiger partial charge is 0.223 e. The Morgan fingerprint density at radius 1 is 1.35 bits per heavy atom. The molecule has 3 aromatic rings. The van der Waals surface area contributed by atoms with Gasteiger partial charge in [-0.1, -0.05) is 6.07 Å². The summed E-state index contributed by atoms with van der Waals surface area (Å²) in [6, 6.07) is 7.78. The molecule has 1 amide bonds. The van der Waals surface area contributed by atoms with E-state index in [1.165, 1.54) is 0 Å². The molecule has 0 saturated heterocycles. The van der Waals surface area contributed by atoms with Gasteiger partial charge in [-0.15, -0.1) is 0 Å². The van der Waals surface area contributed by atoms with Crippen LogP contribution in [-0.2, 0) is 24.3 Å². The Hall–Kier alpha value is -2.67. The first-order valence-electron chi connectivity index (χ1n) is 9.05. The van der Waals surface area contributed by atoms with Crippen molar-refractivity contribution in [3.8, 4) is 0 Å². The SMILES string of the molecule is C[C@@H](O)c1cc2n(n1)CCCN(C(=O)CCc1cn3ccccc3n1)C2. The van der Waals surface area contributed by atoms with Crippen molar-refractivity contribution in [2.24, 2.45) is 0 Å². The second-order valence-corrected chi connectivity index (χ2v) is 6.83. The topological polar surface area (TPSA) is 75.7 Å². The van der Waals surface area contributed by atoms with Crippen molar-refractivity contribution in [2.45, 2.75) is 45.4 Å². The molecule has 0 bridgehead atoms. The Bertz CT molecular complexity index is 894.